The summed E-state index contributed by atoms with van der Waals surface area (Å²) >= 11 is 0. The van der Waals surface area contributed by atoms with Crippen LogP contribution in [0.1, 0.15) is 12.5 Å². The van der Waals surface area contributed by atoms with Crippen molar-refractivity contribution in [2.75, 3.05) is 19.6 Å². The van der Waals surface area contributed by atoms with E-state index in [-0.39, 0.29) is 5.91 Å². The average Bonchev–Trinajstić information content (AvgIpc) is 2.42. The van der Waals surface area contributed by atoms with Gasteiger partial charge in [0, 0.05) is 20.0 Å². The average molecular weight is 256 g/mol. The summed E-state index contributed by atoms with van der Waals surface area (Å²) in [5.74, 6) is 0.0244. The van der Waals surface area contributed by atoms with Gasteiger partial charge in [0.05, 0.1) is 0 Å². The molecular weight excluding hydrogens is 236 g/mol. The monoisotopic (exact) mass is 256 g/mol. The zero-order chi connectivity index (χ0) is 13.5. The van der Waals surface area contributed by atoms with E-state index in [1.807, 2.05) is 0 Å². The normalized spacial score (nSPS) is 10.6. The Bertz CT molecular complexity index is 551. The molecule has 0 aliphatic carbocycles. The highest BCUT2D eigenvalue weighted by Gasteiger charge is 1.96. The van der Waals surface area contributed by atoms with Gasteiger partial charge in [-0.05, 0) is 29.3 Å². The summed E-state index contributed by atoms with van der Waals surface area (Å²) in [7, 11) is 0. The number of carbonyl (C=O) groups excluding carboxylic acids is 1. The number of hydrogen-bond donors (Lipinski definition) is 2. The fourth-order valence-electron chi connectivity index (χ4n) is 2.08. The van der Waals surface area contributed by atoms with Crippen LogP contribution in [0.2, 0.25) is 0 Å². The van der Waals surface area contributed by atoms with Crippen LogP contribution in [0.5, 0.6) is 0 Å². The highest BCUT2D eigenvalue weighted by atomic mass is 16.1. The molecule has 100 valence electrons. The maximum atomic E-state index is 10.7. The second kappa shape index (κ2) is 6.90. The van der Waals surface area contributed by atoms with Gasteiger partial charge in [0.15, 0.2) is 0 Å². The molecule has 3 heteroatoms. The maximum absolute atomic E-state index is 10.7. The van der Waals surface area contributed by atoms with Crippen LogP contribution in [0.25, 0.3) is 10.8 Å². The number of carbonyl (C=O) groups is 1. The van der Waals surface area contributed by atoms with E-state index < -0.39 is 0 Å². The van der Waals surface area contributed by atoms with Crippen molar-refractivity contribution in [3.05, 3.63) is 48.0 Å². The lowest BCUT2D eigenvalue weighted by atomic mass is 10.1. The lowest BCUT2D eigenvalue weighted by molar-refractivity contribution is -0.118. The molecule has 0 aromatic heterocycles. The van der Waals surface area contributed by atoms with Gasteiger partial charge in [-0.3, -0.25) is 4.79 Å². The Morgan fingerprint density at radius 2 is 1.79 bits per heavy atom. The summed E-state index contributed by atoms with van der Waals surface area (Å²) in [5.41, 5.74) is 1.34. The van der Waals surface area contributed by atoms with Gasteiger partial charge in [-0.25, -0.2) is 0 Å². The number of benzene rings is 2. The molecule has 0 spiro atoms. The first-order valence-electron chi connectivity index (χ1n) is 6.68. The highest BCUT2D eigenvalue weighted by molar-refractivity contribution is 5.82. The first-order valence-corrected chi connectivity index (χ1v) is 6.68. The van der Waals surface area contributed by atoms with Crippen LogP contribution in [0.3, 0.4) is 0 Å². The zero-order valence-electron chi connectivity index (χ0n) is 11.3. The van der Waals surface area contributed by atoms with Gasteiger partial charge >= 0.3 is 0 Å². The van der Waals surface area contributed by atoms with Gasteiger partial charge in [0.1, 0.15) is 0 Å². The maximum Gasteiger partial charge on any atom is 0.216 e. The number of fused-ring (bicyclic) bond motifs is 1. The number of hydrogen-bond acceptors (Lipinski definition) is 2. The molecule has 0 unspecified atom stereocenters. The molecule has 0 saturated carbocycles. The topological polar surface area (TPSA) is 41.1 Å². The van der Waals surface area contributed by atoms with Crippen molar-refractivity contribution in [3.63, 3.8) is 0 Å². The lowest BCUT2D eigenvalue weighted by Gasteiger charge is -2.06. The zero-order valence-corrected chi connectivity index (χ0v) is 11.3. The van der Waals surface area contributed by atoms with Gasteiger partial charge in [-0.1, -0.05) is 42.5 Å². The van der Waals surface area contributed by atoms with Crippen LogP contribution >= 0.6 is 0 Å². The third-order valence-corrected chi connectivity index (χ3v) is 3.08. The molecule has 2 rings (SSSR count). The Kier molecular flexibility index (Phi) is 4.93. The van der Waals surface area contributed by atoms with Crippen LogP contribution < -0.4 is 10.6 Å². The minimum absolute atomic E-state index is 0.0244. The largest absolute Gasteiger partial charge is 0.355 e. The summed E-state index contributed by atoms with van der Waals surface area (Å²) in [6, 6.07) is 15.0. The molecule has 0 atom stereocenters. The molecule has 0 radical (unpaired) electrons. The molecular formula is C16H20N2O. The minimum Gasteiger partial charge on any atom is -0.355 e. The van der Waals surface area contributed by atoms with Gasteiger partial charge in [-0.2, -0.15) is 0 Å². The van der Waals surface area contributed by atoms with Crippen molar-refractivity contribution in [3.8, 4) is 0 Å². The minimum atomic E-state index is 0.0244. The summed E-state index contributed by atoms with van der Waals surface area (Å²) in [6.45, 7) is 3.97. The number of rotatable bonds is 6. The summed E-state index contributed by atoms with van der Waals surface area (Å²) in [5, 5.41) is 8.66. The van der Waals surface area contributed by atoms with Crippen molar-refractivity contribution < 1.29 is 4.79 Å². The van der Waals surface area contributed by atoms with Crippen LogP contribution in [0.4, 0.5) is 0 Å². The first kappa shape index (κ1) is 13.6. The fraction of sp³-hybridized carbons (Fsp3) is 0.312. The third-order valence-electron chi connectivity index (χ3n) is 3.08. The van der Waals surface area contributed by atoms with Crippen molar-refractivity contribution in [2.24, 2.45) is 0 Å². The van der Waals surface area contributed by atoms with Crippen LogP contribution in [-0.4, -0.2) is 25.5 Å². The first-order chi connectivity index (χ1) is 9.25. The standard InChI is InChI=1S/C16H20N2O/c1-13(19)18-11-10-17-9-8-14-6-7-15-4-2-3-5-16(15)12-14/h2-7,12,17H,8-11H2,1H3,(H,18,19). The molecule has 0 heterocycles. The molecule has 19 heavy (non-hydrogen) atoms. The van der Waals surface area contributed by atoms with E-state index in [2.05, 4.69) is 53.1 Å². The Morgan fingerprint density at radius 1 is 1.00 bits per heavy atom. The second-order valence-corrected chi connectivity index (χ2v) is 4.66. The summed E-state index contributed by atoms with van der Waals surface area (Å²) < 4.78 is 0. The van der Waals surface area contributed by atoms with Gasteiger partial charge < -0.3 is 10.6 Å². The van der Waals surface area contributed by atoms with Crippen molar-refractivity contribution in [1.82, 2.24) is 10.6 Å². The van der Waals surface area contributed by atoms with E-state index in [4.69, 9.17) is 0 Å². The Labute approximate surface area is 114 Å². The fourth-order valence-corrected chi connectivity index (χ4v) is 2.08. The molecule has 0 saturated heterocycles. The predicted molar refractivity (Wildman–Crippen MR) is 79.2 cm³/mol. The molecule has 0 bridgehead atoms. The van der Waals surface area contributed by atoms with Crippen LogP contribution in [0, 0.1) is 0 Å². The Hall–Kier alpha value is -1.87. The summed E-state index contributed by atoms with van der Waals surface area (Å²) in [6.07, 6.45) is 1.00. The third kappa shape index (κ3) is 4.38. The molecule has 2 aromatic carbocycles. The highest BCUT2D eigenvalue weighted by Crippen LogP contribution is 2.15. The second-order valence-electron chi connectivity index (χ2n) is 4.66. The molecule has 0 fully saturated rings. The van der Waals surface area contributed by atoms with E-state index in [1.54, 1.807) is 0 Å². The van der Waals surface area contributed by atoms with Crippen LogP contribution in [-0.2, 0) is 11.2 Å². The molecule has 0 aliphatic rings. The number of nitrogens with one attached hydrogen (secondary N) is 2. The lowest BCUT2D eigenvalue weighted by Crippen LogP contribution is -2.31. The predicted octanol–water partition coefficient (Wildman–Crippen LogP) is 2.11. The Balaban J connectivity index is 1.77. The molecule has 3 nitrogen and oxygen atoms in total. The van der Waals surface area contributed by atoms with Gasteiger partial charge in [0.25, 0.3) is 0 Å². The molecule has 2 N–H and O–H groups in total. The van der Waals surface area contributed by atoms with Gasteiger partial charge in [0.2, 0.25) is 5.91 Å². The summed E-state index contributed by atoms with van der Waals surface area (Å²) in [4.78, 5) is 10.7. The molecule has 2 aromatic rings. The quantitative estimate of drug-likeness (QED) is 0.777. The van der Waals surface area contributed by atoms with Crippen LogP contribution in [0.15, 0.2) is 42.5 Å². The SMILES string of the molecule is CC(=O)NCCNCCc1ccc2ccccc2c1. The van der Waals surface area contributed by atoms with E-state index in [0.717, 1.165) is 19.5 Å². The van der Waals surface area contributed by atoms with E-state index in [9.17, 15) is 4.79 Å². The van der Waals surface area contributed by atoms with Crippen molar-refractivity contribution in [1.29, 1.82) is 0 Å². The van der Waals surface area contributed by atoms with E-state index in [0.29, 0.717) is 6.54 Å². The number of amides is 1. The van der Waals surface area contributed by atoms with Crippen molar-refractivity contribution >= 4 is 16.7 Å². The van der Waals surface area contributed by atoms with E-state index >= 15 is 0 Å². The van der Waals surface area contributed by atoms with Gasteiger partial charge in [-0.15, -0.1) is 0 Å². The molecule has 1 amide bonds. The smallest absolute Gasteiger partial charge is 0.216 e. The molecule has 0 aliphatic heterocycles. The van der Waals surface area contributed by atoms with Crippen molar-refractivity contribution in [2.45, 2.75) is 13.3 Å². The van der Waals surface area contributed by atoms with E-state index in [1.165, 1.54) is 23.3 Å². The Morgan fingerprint density at radius 3 is 2.58 bits per heavy atom.